The van der Waals surface area contributed by atoms with Crippen molar-refractivity contribution < 1.29 is 29.3 Å². The van der Waals surface area contributed by atoms with E-state index in [-0.39, 0.29) is 24.0 Å². The number of benzene rings is 2. The molecule has 0 bridgehead atoms. The molecule has 1 aromatic heterocycles. The molecule has 0 fully saturated rings. The van der Waals surface area contributed by atoms with E-state index in [9.17, 15) is 19.8 Å². The molecule has 4 N–H and O–H groups in total. The zero-order valence-corrected chi connectivity index (χ0v) is 24.7. The van der Waals surface area contributed by atoms with Crippen LogP contribution >= 0.6 is 0 Å². The number of nitrogens with zero attached hydrogens (tertiary/aromatic N) is 4. The molecule has 1 aliphatic rings. The molecule has 0 saturated heterocycles. The van der Waals surface area contributed by atoms with Crippen LogP contribution in [-0.2, 0) is 20.8 Å². The number of rotatable bonds is 11. The number of carboxylic acid groups (broad SMARTS) is 1. The summed E-state index contributed by atoms with van der Waals surface area (Å²) >= 11 is 0. The van der Waals surface area contributed by atoms with Crippen LogP contribution in [-0.4, -0.2) is 71.3 Å². The minimum absolute atomic E-state index is 0.0872. The first-order valence-corrected chi connectivity index (χ1v) is 13.9. The highest BCUT2D eigenvalue weighted by Crippen LogP contribution is 2.41. The lowest BCUT2D eigenvalue weighted by atomic mass is 9.94. The van der Waals surface area contributed by atoms with Crippen molar-refractivity contribution in [2.24, 2.45) is 0 Å². The second-order valence-corrected chi connectivity index (χ2v) is 11.1. The van der Waals surface area contributed by atoms with Gasteiger partial charge in [0.1, 0.15) is 23.1 Å². The summed E-state index contributed by atoms with van der Waals surface area (Å²) in [6.45, 7) is 10.3. The molecule has 3 aromatic rings. The van der Waals surface area contributed by atoms with Crippen LogP contribution in [0.2, 0.25) is 0 Å². The number of H-pyrrole nitrogens is 1. The molecule has 0 amide bonds. The Morgan fingerprint density at radius 3 is 2.26 bits per heavy atom. The minimum Gasteiger partial charge on any atom is -0.477 e. The van der Waals surface area contributed by atoms with E-state index in [0.29, 0.717) is 18.7 Å². The summed E-state index contributed by atoms with van der Waals surface area (Å²) in [5, 5.41) is 38.9. The second-order valence-electron chi connectivity index (χ2n) is 11.1. The molecule has 2 atom stereocenters. The van der Waals surface area contributed by atoms with Crippen molar-refractivity contribution in [2.75, 3.05) is 0 Å². The van der Waals surface area contributed by atoms with Crippen molar-refractivity contribution >= 4 is 12.1 Å². The number of tetrazole rings is 1. The van der Waals surface area contributed by atoms with Gasteiger partial charge in [0.2, 0.25) is 0 Å². The van der Waals surface area contributed by atoms with Gasteiger partial charge in [0.15, 0.2) is 5.82 Å². The van der Waals surface area contributed by atoms with Gasteiger partial charge in [-0.3, -0.25) is 0 Å². The topological polar surface area (TPSA) is 163 Å². The van der Waals surface area contributed by atoms with Crippen LogP contribution in [0, 0.1) is 0 Å². The van der Waals surface area contributed by atoms with Crippen LogP contribution in [0.15, 0.2) is 59.9 Å². The quantitative estimate of drug-likeness (QED) is 0.238. The summed E-state index contributed by atoms with van der Waals surface area (Å²) in [4.78, 5) is 26.9. The predicted molar refractivity (Wildman–Crippen MR) is 154 cm³/mol. The van der Waals surface area contributed by atoms with Crippen molar-refractivity contribution in [1.82, 2.24) is 30.8 Å². The fourth-order valence-corrected chi connectivity index (χ4v) is 5.31. The normalized spacial score (nSPS) is 17.8. The average Bonchev–Trinajstić information content (AvgIpc) is 3.56. The summed E-state index contributed by atoms with van der Waals surface area (Å²) in [6.07, 6.45) is -1.04. The molecule has 2 aromatic carbocycles. The number of hydrogen-bond donors (Lipinski definition) is 4. The fourth-order valence-electron chi connectivity index (χ4n) is 5.31. The molecule has 1 aliphatic heterocycles. The highest BCUT2D eigenvalue weighted by Gasteiger charge is 2.54. The maximum atomic E-state index is 12.7. The Labute approximate surface area is 244 Å². The standard InChI is InChI=1S/C30H38N6O6/c1-7-16-30(19(4)42-28(39)41-18(2)3)31-25(29(5,6)40)24(27(37)38)36(30)17-20-12-14-21(15-13-20)22-10-8-9-11-23(22)26-32-34-35-33-26/h8-15,18-19,31,40H,7,16-17H2,1-6H3,(H,37,38)(H,32,33,34,35). The van der Waals surface area contributed by atoms with Crippen molar-refractivity contribution in [2.45, 2.75) is 84.4 Å². The predicted octanol–water partition coefficient (Wildman–Crippen LogP) is 4.45. The molecule has 12 nitrogen and oxygen atoms in total. The third-order valence-corrected chi connectivity index (χ3v) is 7.19. The van der Waals surface area contributed by atoms with Gasteiger partial charge in [0.05, 0.1) is 11.8 Å². The number of carbonyl (C=O) groups excluding carboxylic acids is 1. The fraction of sp³-hybridized carbons (Fsp3) is 0.433. The van der Waals surface area contributed by atoms with Crippen LogP contribution < -0.4 is 5.32 Å². The minimum atomic E-state index is -1.51. The van der Waals surface area contributed by atoms with Crippen LogP contribution in [0.5, 0.6) is 0 Å². The van der Waals surface area contributed by atoms with Crippen LogP contribution in [0.25, 0.3) is 22.5 Å². The SMILES string of the molecule is CCCC1(C(C)OC(=O)OC(C)C)NC(C(C)(C)O)=C(C(=O)O)N1Cc1ccc(-c2ccccc2-c2nnn[nH]2)cc1. The van der Waals surface area contributed by atoms with Gasteiger partial charge >= 0.3 is 12.1 Å². The summed E-state index contributed by atoms with van der Waals surface area (Å²) in [6, 6.07) is 15.5. The first-order valence-electron chi connectivity index (χ1n) is 13.9. The van der Waals surface area contributed by atoms with Gasteiger partial charge in [-0.1, -0.05) is 61.9 Å². The second kappa shape index (κ2) is 12.2. The molecule has 0 radical (unpaired) electrons. The highest BCUT2D eigenvalue weighted by molar-refractivity contribution is 5.88. The Balaban J connectivity index is 1.74. The maximum absolute atomic E-state index is 12.7. The van der Waals surface area contributed by atoms with E-state index in [0.717, 1.165) is 22.3 Å². The number of aliphatic hydroxyl groups is 1. The lowest BCUT2D eigenvalue weighted by Crippen LogP contribution is -2.61. The van der Waals surface area contributed by atoms with E-state index >= 15 is 0 Å². The van der Waals surface area contributed by atoms with E-state index in [1.165, 1.54) is 13.8 Å². The van der Waals surface area contributed by atoms with E-state index in [4.69, 9.17) is 9.47 Å². The van der Waals surface area contributed by atoms with E-state index in [1.807, 2.05) is 55.5 Å². The third-order valence-electron chi connectivity index (χ3n) is 7.19. The van der Waals surface area contributed by atoms with Crippen LogP contribution in [0.3, 0.4) is 0 Å². The Kier molecular flexibility index (Phi) is 8.86. The van der Waals surface area contributed by atoms with E-state index in [2.05, 4.69) is 25.9 Å². The molecule has 0 saturated carbocycles. The zero-order chi connectivity index (χ0) is 30.7. The van der Waals surface area contributed by atoms with Crippen molar-refractivity contribution in [3.63, 3.8) is 0 Å². The Morgan fingerprint density at radius 2 is 1.71 bits per heavy atom. The molecule has 224 valence electrons. The first-order chi connectivity index (χ1) is 19.9. The van der Waals surface area contributed by atoms with Crippen molar-refractivity contribution in [3.8, 4) is 22.5 Å². The van der Waals surface area contributed by atoms with Crippen molar-refractivity contribution in [1.29, 1.82) is 0 Å². The summed E-state index contributed by atoms with van der Waals surface area (Å²) < 4.78 is 10.9. The summed E-state index contributed by atoms with van der Waals surface area (Å²) in [7, 11) is 0. The first kappa shape index (κ1) is 30.5. The summed E-state index contributed by atoms with van der Waals surface area (Å²) in [5.41, 5.74) is 0.870. The van der Waals surface area contributed by atoms with Gasteiger partial charge in [-0.05, 0) is 68.2 Å². The van der Waals surface area contributed by atoms with Gasteiger partial charge < -0.3 is 29.9 Å². The van der Waals surface area contributed by atoms with Gasteiger partial charge in [0.25, 0.3) is 0 Å². The van der Waals surface area contributed by atoms with Crippen molar-refractivity contribution in [3.05, 3.63) is 65.5 Å². The third kappa shape index (κ3) is 6.23. The number of aromatic nitrogens is 4. The molecule has 0 spiro atoms. The van der Waals surface area contributed by atoms with Gasteiger partial charge in [0, 0.05) is 12.1 Å². The number of carboxylic acids is 1. The largest absolute Gasteiger partial charge is 0.508 e. The molecule has 42 heavy (non-hydrogen) atoms. The molecule has 0 aliphatic carbocycles. The highest BCUT2D eigenvalue weighted by atomic mass is 16.7. The number of ether oxygens (including phenoxy) is 2. The zero-order valence-electron chi connectivity index (χ0n) is 24.7. The number of aromatic amines is 1. The maximum Gasteiger partial charge on any atom is 0.508 e. The van der Waals surface area contributed by atoms with E-state index < -0.39 is 29.5 Å². The average molecular weight is 579 g/mol. The smallest absolute Gasteiger partial charge is 0.477 e. The van der Waals surface area contributed by atoms with Crippen LogP contribution in [0.4, 0.5) is 4.79 Å². The molecule has 2 unspecified atom stereocenters. The Hall–Kier alpha value is -4.45. The molecule has 4 rings (SSSR count). The van der Waals surface area contributed by atoms with Gasteiger partial charge in [-0.15, -0.1) is 5.10 Å². The van der Waals surface area contributed by atoms with Gasteiger partial charge in [-0.2, -0.15) is 0 Å². The monoisotopic (exact) mass is 578 g/mol. The van der Waals surface area contributed by atoms with Crippen LogP contribution in [0.1, 0.15) is 59.9 Å². The number of nitrogens with one attached hydrogen (secondary N) is 2. The molecular weight excluding hydrogens is 540 g/mol. The Bertz CT molecular complexity index is 1430. The molecule has 12 heteroatoms. The lowest BCUT2D eigenvalue weighted by molar-refractivity contribution is -0.136. The molecule has 2 heterocycles. The number of hydrogen-bond acceptors (Lipinski definition) is 10. The number of aliphatic carboxylic acids is 1. The summed E-state index contributed by atoms with van der Waals surface area (Å²) in [5.74, 6) is -0.664. The molecular formula is C30H38N6O6. The van der Waals surface area contributed by atoms with E-state index in [1.54, 1.807) is 25.7 Å². The van der Waals surface area contributed by atoms with Gasteiger partial charge in [-0.25, -0.2) is 14.7 Å². The number of carbonyl (C=O) groups is 2. The lowest BCUT2D eigenvalue weighted by Gasteiger charge is -2.44. The Morgan fingerprint density at radius 1 is 1.05 bits per heavy atom.